The third-order valence-electron chi connectivity index (χ3n) is 5.57. The van der Waals surface area contributed by atoms with Gasteiger partial charge in [-0.2, -0.15) is 4.31 Å². The van der Waals surface area contributed by atoms with Crippen LogP contribution in [0.4, 0.5) is 5.69 Å². The second-order valence-electron chi connectivity index (χ2n) is 7.68. The van der Waals surface area contributed by atoms with Gasteiger partial charge < -0.3 is 14.8 Å². The van der Waals surface area contributed by atoms with Crippen LogP contribution < -0.4 is 14.8 Å². The highest BCUT2D eigenvalue weighted by Crippen LogP contribution is 2.30. The maximum Gasteiger partial charge on any atom is 0.255 e. The minimum atomic E-state index is -3.55. The van der Waals surface area contributed by atoms with Gasteiger partial charge in [-0.25, -0.2) is 8.42 Å². The van der Waals surface area contributed by atoms with Crippen molar-refractivity contribution in [3.63, 3.8) is 0 Å². The third-order valence-corrected chi connectivity index (χ3v) is 7.53. The van der Waals surface area contributed by atoms with Crippen LogP contribution in [0.5, 0.6) is 11.5 Å². The fraction of sp³-hybridized carbons (Fsp3) is 0.458. The van der Waals surface area contributed by atoms with Crippen LogP contribution in [0.2, 0.25) is 0 Å². The number of sulfonamides is 1. The SMILES string of the molecule is CCOc1ccc(C(=O)Nc2ccc(S(=O)(=O)N3CCCCC3CC)cc2)cc1OCC. The molecule has 0 aromatic heterocycles. The van der Waals surface area contributed by atoms with Gasteiger partial charge in [-0.15, -0.1) is 0 Å². The molecular weight excluding hydrogens is 428 g/mol. The monoisotopic (exact) mass is 460 g/mol. The van der Waals surface area contributed by atoms with Gasteiger partial charge in [0.05, 0.1) is 18.1 Å². The molecule has 1 N–H and O–H groups in total. The number of carbonyl (C=O) groups is 1. The summed E-state index contributed by atoms with van der Waals surface area (Å²) in [7, 11) is -3.55. The van der Waals surface area contributed by atoms with E-state index < -0.39 is 10.0 Å². The maximum absolute atomic E-state index is 13.1. The van der Waals surface area contributed by atoms with E-state index in [2.05, 4.69) is 5.32 Å². The van der Waals surface area contributed by atoms with Crippen molar-refractivity contribution < 1.29 is 22.7 Å². The molecule has 32 heavy (non-hydrogen) atoms. The lowest BCUT2D eigenvalue weighted by Crippen LogP contribution is -2.43. The van der Waals surface area contributed by atoms with Crippen molar-refractivity contribution in [1.29, 1.82) is 0 Å². The van der Waals surface area contributed by atoms with Gasteiger partial charge in [0.25, 0.3) is 5.91 Å². The minimum Gasteiger partial charge on any atom is -0.490 e. The van der Waals surface area contributed by atoms with Crippen LogP contribution in [0.25, 0.3) is 0 Å². The molecule has 174 valence electrons. The van der Waals surface area contributed by atoms with Crippen molar-refractivity contribution in [2.75, 3.05) is 25.1 Å². The summed E-state index contributed by atoms with van der Waals surface area (Å²) in [5.41, 5.74) is 0.944. The van der Waals surface area contributed by atoms with Crippen molar-refractivity contribution in [3.05, 3.63) is 48.0 Å². The lowest BCUT2D eigenvalue weighted by molar-refractivity contribution is 0.102. The molecule has 1 saturated heterocycles. The fourth-order valence-corrected chi connectivity index (χ4v) is 5.71. The molecule has 1 heterocycles. The Balaban J connectivity index is 1.74. The fourth-order valence-electron chi connectivity index (χ4n) is 3.94. The molecular formula is C24H32N2O5S. The van der Waals surface area contributed by atoms with E-state index >= 15 is 0 Å². The van der Waals surface area contributed by atoms with Gasteiger partial charge >= 0.3 is 0 Å². The number of hydrogen-bond donors (Lipinski definition) is 1. The van der Waals surface area contributed by atoms with Crippen molar-refractivity contribution in [2.45, 2.75) is 57.4 Å². The molecule has 2 aromatic rings. The highest BCUT2D eigenvalue weighted by Gasteiger charge is 2.32. The first kappa shape index (κ1) is 24.1. The van der Waals surface area contributed by atoms with Gasteiger partial charge in [0, 0.05) is 23.8 Å². The first-order valence-corrected chi connectivity index (χ1v) is 12.7. The van der Waals surface area contributed by atoms with Crippen LogP contribution >= 0.6 is 0 Å². The largest absolute Gasteiger partial charge is 0.490 e. The van der Waals surface area contributed by atoms with Crippen molar-refractivity contribution in [1.82, 2.24) is 4.31 Å². The summed E-state index contributed by atoms with van der Waals surface area (Å²) < 4.78 is 39.0. The average molecular weight is 461 g/mol. The summed E-state index contributed by atoms with van der Waals surface area (Å²) in [4.78, 5) is 13.0. The van der Waals surface area contributed by atoms with E-state index in [4.69, 9.17) is 9.47 Å². The van der Waals surface area contributed by atoms with Crippen LogP contribution in [0, 0.1) is 0 Å². The first-order chi connectivity index (χ1) is 15.4. The van der Waals surface area contributed by atoms with Crippen LogP contribution in [0.1, 0.15) is 56.8 Å². The smallest absolute Gasteiger partial charge is 0.255 e. The molecule has 0 bridgehead atoms. The Morgan fingerprint density at radius 1 is 1.00 bits per heavy atom. The molecule has 1 atom stereocenters. The van der Waals surface area contributed by atoms with Gasteiger partial charge in [0.1, 0.15) is 0 Å². The van der Waals surface area contributed by atoms with E-state index in [1.54, 1.807) is 46.8 Å². The zero-order chi connectivity index (χ0) is 23.1. The number of hydrogen-bond acceptors (Lipinski definition) is 5. The maximum atomic E-state index is 13.1. The number of nitrogens with one attached hydrogen (secondary N) is 1. The van der Waals surface area contributed by atoms with Gasteiger partial charge in [0.2, 0.25) is 10.0 Å². The van der Waals surface area contributed by atoms with E-state index in [9.17, 15) is 13.2 Å². The van der Waals surface area contributed by atoms with Crippen LogP contribution in [0.3, 0.4) is 0 Å². The van der Waals surface area contributed by atoms with Crippen LogP contribution in [0.15, 0.2) is 47.4 Å². The normalized spacial score (nSPS) is 17.0. The Morgan fingerprint density at radius 3 is 2.34 bits per heavy atom. The number of nitrogens with zero attached hydrogens (tertiary/aromatic N) is 1. The van der Waals surface area contributed by atoms with Gasteiger partial charge in [-0.1, -0.05) is 13.3 Å². The molecule has 3 rings (SSSR count). The Hall–Kier alpha value is -2.58. The van der Waals surface area contributed by atoms with Gasteiger partial charge in [-0.3, -0.25) is 4.79 Å². The predicted octanol–water partition coefficient (Wildman–Crippen LogP) is 4.69. The molecule has 0 radical (unpaired) electrons. The van der Waals surface area contributed by atoms with Gasteiger partial charge in [0.15, 0.2) is 11.5 Å². The number of carbonyl (C=O) groups excluding carboxylic acids is 1. The second kappa shape index (κ2) is 10.8. The number of amides is 1. The van der Waals surface area contributed by atoms with E-state index in [-0.39, 0.29) is 16.8 Å². The molecule has 1 aliphatic heterocycles. The van der Waals surface area contributed by atoms with E-state index in [0.717, 1.165) is 25.7 Å². The molecule has 0 aliphatic carbocycles. The van der Waals surface area contributed by atoms with Crippen molar-refractivity contribution >= 4 is 21.6 Å². The van der Waals surface area contributed by atoms with E-state index in [1.165, 1.54) is 0 Å². The zero-order valence-electron chi connectivity index (χ0n) is 19.0. The van der Waals surface area contributed by atoms with Gasteiger partial charge in [-0.05, 0) is 75.6 Å². The van der Waals surface area contributed by atoms with E-state index in [0.29, 0.717) is 42.5 Å². The van der Waals surface area contributed by atoms with Crippen molar-refractivity contribution in [3.8, 4) is 11.5 Å². The molecule has 2 aromatic carbocycles. The molecule has 1 amide bonds. The Bertz CT molecular complexity index is 1020. The quantitative estimate of drug-likeness (QED) is 0.587. The number of rotatable bonds is 9. The summed E-state index contributed by atoms with van der Waals surface area (Å²) >= 11 is 0. The minimum absolute atomic E-state index is 0.0484. The summed E-state index contributed by atoms with van der Waals surface area (Å²) in [6.45, 7) is 7.28. The summed E-state index contributed by atoms with van der Waals surface area (Å²) in [6.07, 6.45) is 3.65. The number of piperidine rings is 1. The lowest BCUT2D eigenvalue weighted by atomic mass is 10.0. The topological polar surface area (TPSA) is 84.9 Å². The average Bonchev–Trinajstić information content (AvgIpc) is 2.80. The molecule has 1 unspecified atom stereocenters. The summed E-state index contributed by atoms with van der Waals surface area (Å²) in [6, 6.07) is 11.4. The van der Waals surface area contributed by atoms with E-state index in [1.807, 2.05) is 20.8 Å². The van der Waals surface area contributed by atoms with Crippen LogP contribution in [-0.4, -0.2) is 44.4 Å². The Kier molecular flexibility index (Phi) is 8.15. The Morgan fingerprint density at radius 2 is 1.69 bits per heavy atom. The lowest BCUT2D eigenvalue weighted by Gasteiger charge is -2.34. The first-order valence-electron chi connectivity index (χ1n) is 11.2. The standard InChI is InChI=1S/C24H32N2O5S/c1-4-20-9-7-8-16-26(20)32(28,29)21-13-11-19(12-14-21)25-24(27)18-10-15-22(30-5-2)23(17-18)31-6-3/h10-15,17,20H,4-9,16H2,1-3H3,(H,25,27). The number of anilines is 1. The molecule has 1 aliphatic rings. The Labute approximate surface area is 190 Å². The second-order valence-corrected chi connectivity index (χ2v) is 9.57. The third kappa shape index (κ3) is 5.42. The molecule has 1 fully saturated rings. The number of ether oxygens (including phenoxy) is 2. The molecule has 0 spiro atoms. The summed E-state index contributed by atoms with van der Waals surface area (Å²) in [5.74, 6) is 0.783. The molecule has 0 saturated carbocycles. The molecule has 7 nitrogen and oxygen atoms in total. The molecule has 8 heteroatoms. The van der Waals surface area contributed by atoms with Crippen LogP contribution in [-0.2, 0) is 10.0 Å². The van der Waals surface area contributed by atoms with Crippen molar-refractivity contribution in [2.24, 2.45) is 0 Å². The number of benzene rings is 2. The summed E-state index contributed by atoms with van der Waals surface area (Å²) in [5, 5.41) is 2.81. The zero-order valence-corrected chi connectivity index (χ0v) is 19.8. The highest BCUT2D eigenvalue weighted by molar-refractivity contribution is 7.89. The predicted molar refractivity (Wildman–Crippen MR) is 125 cm³/mol. The highest BCUT2D eigenvalue weighted by atomic mass is 32.2.